The van der Waals surface area contributed by atoms with Crippen LogP contribution in [0, 0.1) is 5.92 Å². The Labute approximate surface area is 63.4 Å². The zero-order valence-electron chi connectivity index (χ0n) is 5.96. The molecule has 3 heteroatoms. The lowest BCUT2D eigenvalue weighted by Crippen LogP contribution is -2.21. The molecule has 0 heterocycles. The molecule has 0 aromatic rings. The second-order valence-corrected chi connectivity index (χ2v) is 2.34. The first-order chi connectivity index (χ1) is 5.16. The molecule has 1 atom stereocenters. The van der Waals surface area contributed by atoms with Gasteiger partial charge in [-0.2, -0.15) is 0 Å². The summed E-state index contributed by atoms with van der Waals surface area (Å²) in [5.74, 6) is 0.229. The lowest BCUT2D eigenvalue weighted by Gasteiger charge is -2.09. The smallest absolute Gasteiger partial charge is 0.193 e. The Balaban J connectivity index is 3.16. The van der Waals surface area contributed by atoms with Crippen LogP contribution in [0.15, 0.2) is 17.7 Å². The minimum absolute atomic E-state index is 0.0718. The Bertz CT molecular complexity index is 292. The molecule has 3 nitrogen and oxygen atoms in total. The highest BCUT2D eigenvalue weighted by atomic mass is 16.1. The Morgan fingerprint density at radius 2 is 2.00 bits per heavy atom. The maximum absolute atomic E-state index is 10.9. The molecule has 0 saturated carbocycles. The van der Waals surface area contributed by atoms with Crippen molar-refractivity contribution in [2.24, 2.45) is 5.92 Å². The van der Waals surface area contributed by atoms with E-state index in [2.05, 4.69) is 0 Å². The van der Waals surface area contributed by atoms with Gasteiger partial charge in [0.2, 0.25) is 0 Å². The number of ketones is 2. The first-order valence-corrected chi connectivity index (χ1v) is 3.18. The summed E-state index contributed by atoms with van der Waals surface area (Å²) in [6.45, 7) is 1.52. The predicted octanol–water partition coefficient (Wildman–Crippen LogP) is 0.0885. The topological polar surface area (TPSA) is 51.2 Å². The molecule has 0 bridgehead atoms. The summed E-state index contributed by atoms with van der Waals surface area (Å²) in [7, 11) is 0. The number of rotatable bonds is 0. The van der Waals surface area contributed by atoms with Gasteiger partial charge in [0, 0.05) is 0 Å². The van der Waals surface area contributed by atoms with E-state index in [1.807, 2.05) is 0 Å². The lowest BCUT2D eigenvalue weighted by atomic mass is 9.89. The largest absolute Gasteiger partial charge is 0.294 e. The van der Waals surface area contributed by atoms with Crippen LogP contribution in [0.5, 0.6) is 0 Å². The summed E-state index contributed by atoms with van der Waals surface area (Å²) in [4.78, 5) is 31.9. The van der Waals surface area contributed by atoms with Crippen molar-refractivity contribution in [1.29, 1.82) is 0 Å². The fourth-order valence-corrected chi connectivity index (χ4v) is 0.886. The SMILES string of the molecule is CC1C(=O)C=CC(=O)C1=C=O. The van der Waals surface area contributed by atoms with Gasteiger partial charge in [0.1, 0.15) is 5.94 Å². The zero-order valence-corrected chi connectivity index (χ0v) is 5.96. The minimum atomic E-state index is -0.620. The molecule has 1 unspecified atom stereocenters. The highest BCUT2D eigenvalue weighted by molar-refractivity contribution is 6.19. The van der Waals surface area contributed by atoms with Gasteiger partial charge in [-0.1, -0.05) is 6.92 Å². The Morgan fingerprint density at radius 1 is 1.36 bits per heavy atom. The van der Waals surface area contributed by atoms with Crippen LogP contribution in [0.2, 0.25) is 0 Å². The molecule has 1 aliphatic carbocycles. The van der Waals surface area contributed by atoms with Gasteiger partial charge < -0.3 is 0 Å². The molecule has 0 aliphatic heterocycles. The van der Waals surface area contributed by atoms with E-state index in [4.69, 9.17) is 0 Å². The van der Waals surface area contributed by atoms with Crippen molar-refractivity contribution in [3.8, 4) is 0 Å². The molecule has 0 saturated heterocycles. The monoisotopic (exact) mass is 150 g/mol. The normalized spacial score (nSPS) is 23.7. The van der Waals surface area contributed by atoms with Crippen molar-refractivity contribution in [2.45, 2.75) is 6.92 Å². The van der Waals surface area contributed by atoms with E-state index in [-0.39, 0.29) is 11.4 Å². The molecule has 56 valence electrons. The average molecular weight is 150 g/mol. The van der Waals surface area contributed by atoms with Crippen molar-refractivity contribution >= 4 is 17.5 Å². The van der Waals surface area contributed by atoms with Crippen LogP contribution >= 0.6 is 0 Å². The maximum Gasteiger partial charge on any atom is 0.193 e. The Hall–Kier alpha value is -1.47. The predicted molar refractivity (Wildman–Crippen MR) is 37.5 cm³/mol. The molecule has 0 aromatic carbocycles. The minimum Gasteiger partial charge on any atom is -0.294 e. The molecule has 0 aromatic heterocycles. The van der Waals surface area contributed by atoms with Crippen molar-refractivity contribution < 1.29 is 14.4 Å². The van der Waals surface area contributed by atoms with Gasteiger partial charge in [0.25, 0.3) is 0 Å². The fourth-order valence-electron chi connectivity index (χ4n) is 0.886. The van der Waals surface area contributed by atoms with Crippen LogP contribution in [0.4, 0.5) is 0 Å². The summed E-state index contributed by atoms with van der Waals surface area (Å²) < 4.78 is 0. The number of allylic oxidation sites excluding steroid dienone is 3. The third-order valence-electron chi connectivity index (χ3n) is 1.63. The first-order valence-electron chi connectivity index (χ1n) is 3.18. The average Bonchev–Trinajstić information content (AvgIpc) is 1.99. The molecule has 1 aliphatic rings. The molecule has 11 heavy (non-hydrogen) atoms. The van der Waals surface area contributed by atoms with E-state index >= 15 is 0 Å². The number of hydrogen-bond donors (Lipinski definition) is 0. The number of hydrogen-bond acceptors (Lipinski definition) is 3. The van der Waals surface area contributed by atoms with Gasteiger partial charge >= 0.3 is 0 Å². The summed E-state index contributed by atoms with van der Waals surface area (Å²) >= 11 is 0. The van der Waals surface area contributed by atoms with Crippen LogP contribution in [-0.4, -0.2) is 17.5 Å². The third kappa shape index (κ3) is 1.18. The fraction of sp³-hybridized carbons (Fsp3) is 0.250. The van der Waals surface area contributed by atoms with Crippen LogP contribution in [0.1, 0.15) is 6.92 Å². The molecule has 0 amide bonds. The molecule has 1 rings (SSSR count). The van der Waals surface area contributed by atoms with E-state index in [1.165, 1.54) is 18.9 Å². The van der Waals surface area contributed by atoms with E-state index in [0.29, 0.717) is 0 Å². The van der Waals surface area contributed by atoms with Crippen molar-refractivity contribution in [3.63, 3.8) is 0 Å². The van der Waals surface area contributed by atoms with E-state index in [9.17, 15) is 14.4 Å². The highest BCUT2D eigenvalue weighted by Gasteiger charge is 2.25. The van der Waals surface area contributed by atoms with E-state index in [0.717, 1.165) is 6.08 Å². The number of carbonyl (C=O) groups excluding carboxylic acids is 3. The van der Waals surface area contributed by atoms with E-state index in [1.54, 1.807) is 0 Å². The standard InChI is InChI=1S/C8H6O3/c1-5-6(4-9)8(11)3-2-7(5)10/h2-3,5H,1H3. The Morgan fingerprint density at radius 3 is 2.45 bits per heavy atom. The third-order valence-corrected chi connectivity index (χ3v) is 1.63. The summed E-state index contributed by atoms with van der Waals surface area (Å²) in [5, 5.41) is 0. The number of carbonyl (C=O) groups is 2. The second-order valence-electron chi connectivity index (χ2n) is 2.34. The quantitative estimate of drug-likeness (QED) is 0.363. The van der Waals surface area contributed by atoms with Crippen LogP contribution < -0.4 is 0 Å². The summed E-state index contributed by atoms with van der Waals surface area (Å²) in [6, 6.07) is 0. The highest BCUT2D eigenvalue weighted by Crippen LogP contribution is 2.15. The van der Waals surface area contributed by atoms with Crippen LogP contribution in [0.25, 0.3) is 0 Å². The summed E-state index contributed by atoms with van der Waals surface area (Å²) in [6.07, 6.45) is 2.29. The van der Waals surface area contributed by atoms with Crippen molar-refractivity contribution in [1.82, 2.24) is 0 Å². The van der Waals surface area contributed by atoms with Crippen molar-refractivity contribution in [3.05, 3.63) is 17.7 Å². The van der Waals surface area contributed by atoms with Crippen LogP contribution in [0.3, 0.4) is 0 Å². The first kappa shape index (κ1) is 7.63. The molecule has 0 fully saturated rings. The van der Waals surface area contributed by atoms with Gasteiger partial charge in [-0.05, 0) is 12.2 Å². The molecule has 0 N–H and O–H groups in total. The second kappa shape index (κ2) is 2.64. The Kier molecular flexibility index (Phi) is 1.83. The van der Waals surface area contributed by atoms with Gasteiger partial charge in [-0.15, -0.1) is 0 Å². The summed E-state index contributed by atoms with van der Waals surface area (Å²) in [5.41, 5.74) is -0.0718. The zero-order chi connectivity index (χ0) is 8.43. The van der Waals surface area contributed by atoms with Crippen LogP contribution in [-0.2, 0) is 14.4 Å². The maximum atomic E-state index is 10.9. The van der Waals surface area contributed by atoms with Gasteiger partial charge in [-0.25, -0.2) is 4.79 Å². The van der Waals surface area contributed by atoms with Gasteiger partial charge in [0.15, 0.2) is 11.6 Å². The van der Waals surface area contributed by atoms with Crippen molar-refractivity contribution in [2.75, 3.05) is 0 Å². The van der Waals surface area contributed by atoms with Gasteiger partial charge in [-0.3, -0.25) is 9.59 Å². The molecular formula is C8H6O3. The molecule has 0 radical (unpaired) electrons. The van der Waals surface area contributed by atoms with E-state index < -0.39 is 11.7 Å². The lowest BCUT2D eigenvalue weighted by molar-refractivity contribution is -0.120. The molecule has 0 spiro atoms. The molecular weight excluding hydrogens is 144 g/mol. The van der Waals surface area contributed by atoms with Gasteiger partial charge in [0.05, 0.1) is 11.5 Å².